The molecule has 5 nitrogen and oxygen atoms in total. The van der Waals surface area contributed by atoms with Crippen LogP contribution in [0.3, 0.4) is 0 Å². The van der Waals surface area contributed by atoms with Crippen molar-refractivity contribution in [3.05, 3.63) is 63.6 Å². The number of carbonyl (C=O) groups excluding carboxylic acids is 2. The van der Waals surface area contributed by atoms with Gasteiger partial charge in [-0.05, 0) is 29.8 Å². The zero-order valence-corrected chi connectivity index (χ0v) is 13.6. The monoisotopic (exact) mass is 379 g/mol. The van der Waals surface area contributed by atoms with Gasteiger partial charge in [-0.1, -0.05) is 51.8 Å². The molecule has 2 aromatic rings. The molecule has 0 heterocycles. The van der Waals surface area contributed by atoms with Gasteiger partial charge < -0.3 is 5.32 Å². The molecule has 112 valence electrons. The van der Waals surface area contributed by atoms with Crippen molar-refractivity contribution in [2.24, 2.45) is 5.10 Å². The van der Waals surface area contributed by atoms with Crippen molar-refractivity contribution in [1.29, 1.82) is 0 Å². The molecule has 0 spiro atoms. The van der Waals surface area contributed by atoms with Gasteiger partial charge in [0.2, 0.25) is 0 Å². The third-order valence-corrected chi connectivity index (χ3v) is 3.38. The fraction of sp³-hybridized carbons (Fsp3) is 0. The Morgan fingerprint density at radius 1 is 1.09 bits per heavy atom. The van der Waals surface area contributed by atoms with Crippen LogP contribution >= 0.6 is 27.5 Å². The van der Waals surface area contributed by atoms with Crippen LogP contribution in [0.2, 0.25) is 5.02 Å². The highest BCUT2D eigenvalue weighted by molar-refractivity contribution is 9.10. The van der Waals surface area contributed by atoms with Gasteiger partial charge in [0, 0.05) is 4.47 Å². The van der Waals surface area contributed by atoms with Gasteiger partial charge in [0.25, 0.3) is 0 Å². The number of amides is 2. The summed E-state index contributed by atoms with van der Waals surface area (Å²) in [7, 11) is 0. The van der Waals surface area contributed by atoms with Gasteiger partial charge in [-0.3, -0.25) is 9.59 Å². The lowest BCUT2D eigenvalue weighted by atomic mass is 10.2. The summed E-state index contributed by atoms with van der Waals surface area (Å²) in [6.07, 6.45) is 1.44. The van der Waals surface area contributed by atoms with Gasteiger partial charge in [-0.25, -0.2) is 5.43 Å². The molecular formula is C15H11BrClN3O2. The van der Waals surface area contributed by atoms with E-state index in [0.29, 0.717) is 10.7 Å². The Labute approximate surface area is 140 Å². The molecule has 2 rings (SSSR count). The number of anilines is 1. The molecule has 0 radical (unpaired) electrons. The largest absolute Gasteiger partial charge is 0.329 e. The number of hydrazone groups is 1. The van der Waals surface area contributed by atoms with Crippen LogP contribution in [0.25, 0.3) is 0 Å². The molecule has 0 saturated carbocycles. The fourth-order valence-corrected chi connectivity index (χ4v) is 2.14. The SMILES string of the molecule is O=C(N/N=C\c1cccc(Br)c1)C(=O)Nc1ccccc1Cl. The van der Waals surface area contributed by atoms with Gasteiger partial charge in [-0.15, -0.1) is 0 Å². The number of nitrogens with zero attached hydrogens (tertiary/aromatic N) is 1. The van der Waals surface area contributed by atoms with Crippen molar-refractivity contribution in [3.8, 4) is 0 Å². The third kappa shape index (κ3) is 4.68. The lowest BCUT2D eigenvalue weighted by Crippen LogP contribution is -2.32. The summed E-state index contributed by atoms with van der Waals surface area (Å²) in [5, 5.41) is 6.48. The van der Waals surface area contributed by atoms with E-state index in [1.54, 1.807) is 24.3 Å². The predicted octanol–water partition coefficient (Wildman–Crippen LogP) is 3.19. The molecule has 2 N–H and O–H groups in total. The van der Waals surface area contributed by atoms with E-state index in [4.69, 9.17) is 11.6 Å². The average molecular weight is 381 g/mol. The van der Waals surface area contributed by atoms with Gasteiger partial charge >= 0.3 is 11.8 Å². The number of hydrogen-bond acceptors (Lipinski definition) is 3. The van der Waals surface area contributed by atoms with Crippen LogP contribution in [0.15, 0.2) is 58.1 Å². The minimum atomic E-state index is -0.883. The average Bonchev–Trinajstić information content (AvgIpc) is 2.49. The normalized spacial score (nSPS) is 10.5. The molecule has 2 aromatic carbocycles. The Balaban J connectivity index is 1.92. The second-order valence-electron chi connectivity index (χ2n) is 4.19. The van der Waals surface area contributed by atoms with Gasteiger partial charge in [-0.2, -0.15) is 5.10 Å². The Kier molecular flexibility index (Phi) is 5.68. The number of nitrogens with one attached hydrogen (secondary N) is 2. The first kappa shape index (κ1) is 16.2. The van der Waals surface area contributed by atoms with E-state index in [9.17, 15) is 9.59 Å². The second-order valence-corrected chi connectivity index (χ2v) is 5.51. The summed E-state index contributed by atoms with van der Waals surface area (Å²) in [5.41, 5.74) is 3.29. The van der Waals surface area contributed by atoms with Crippen molar-refractivity contribution >= 4 is 51.2 Å². The van der Waals surface area contributed by atoms with E-state index in [0.717, 1.165) is 10.0 Å². The molecule has 0 bridgehead atoms. The summed E-state index contributed by atoms with van der Waals surface area (Å²) in [5.74, 6) is -1.73. The zero-order valence-electron chi connectivity index (χ0n) is 11.2. The molecular weight excluding hydrogens is 370 g/mol. The predicted molar refractivity (Wildman–Crippen MR) is 90.0 cm³/mol. The molecule has 0 fully saturated rings. The quantitative estimate of drug-likeness (QED) is 0.488. The fourth-order valence-electron chi connectivity index (χ4n) is 1.54. The second kappa shape index (κ2) is 7.72. The Morgan fingerprint density at radius 3 is 2.59 bits per heavy atom. The van der Waals surface area contributed by atoms with Crippen LogP contribution in [0.5, 0.6) is 0 Å². The van der Waals surface area contributed by atoms with Crippen molar-refractivity contribution in [3.63, 3.8) is 0 Å². The summed E-state index contributed by atoms with van der Waals surface area (Å²) in [6.45, 7) is 0. The van der Waals surface area contributed by atoms with Gasteiger partial charge in [0.05, 0.1) is 16.9 Å². The van der Waals surface area contributed by atoms with E-state index < -0.39 is 11.8 Å². The Morgan fingerprint density at radius 2 is 1.86 bits per heavy atom. The minimum Gasteiger partial charge on any atom is -0.316 e. The van der Waals surface area contributed by atoms with Crippen molar-refractivity contribution in [1.82, 2.24) is 5.43 Å². The molecule has 0 aromatic heterocycles. The van der Waals surface area contributed by atoms with Crippen molar-refractivity contribution in [2.75, 3.05) is 5.32 Å². The maximum atomic E-state index is 11.7. The molecule has 7 heteroatoms. The molecule has 2 amide bonds. The smallest absolute Gasteiger partial charge is 0.316 e. The highest BCUT2D eigenvalue weighted by atomic mass is 79.9. The molecule has 0 aliphatic rings. The maximum Gasteiger partial charge on any atom is 0.329 e. The zero-order chi connectivity index (χ0) is 15.9. The lowest BCUT2D eigenvalue weighted by molar-refractivity contribution is -0.136. The Hall–Kier alpha value is -2.18. The third-order valence-electron chi connectivity index (χ3n) is 2.56. The number of para-hydroxylation sites is 1. The Bertz CT molecular complexity index is 734. The van der Waals surface area contributed by atoms with Crippen molar-refractivity contribution in [2.45, 2.75) is 0 Å². The summed E-state index contributed by atoms with van der Waals surface area (Å²) >= 11 is 9.22. The van der Waals surface area contributed by atoms with Crippen LogP contribution in [0, 0.1) is 0 Å². The van der Waals surface area contributed by atoms with Crippen LogP contribution in [-0.2, 0) is 9.59 Å². The molecule has 0 atom stereocenters. The van der Waals surface area contributed by atoms with Gasteiger partial charge in [0.15, 0.2) is 0 Å². The van der Waals surface area contributed by atoms with E-state index in [-0.39, 0.29) is 0 Å². The highest BCUT2D eigenvalue weighted by Gasteiger charge is 2.13. The number of rotatable bonds is 3. The number of carbonyl (C=O) groups is 2. The first-order chi connectivity index (χ1) is 10.6. The standard InChI is InChI=1S/C15H11BrClN3O2/c16-11-5-3-4-10(8-11)9-18-20-15(22)14(21)19-13-7-2-1-6-12(13)17/h1-9H,(H,19,21)(H,20,22)/b18-9-. The van der Waals surface area contributed by atoms with Crippen LogP contribution in [-0.4, -0.2) is 18.0 Å². The topological polar surface area (TPSA) is 70.6 Å². The number of benzene rings is 2. The van der Waals surface area contributed by atoms with Crippen LogP contribution in [0.1, 0.15) is 5.56 Å². The lowest BCUT2D eigenvalue weighted by Gasteiger charge is -2.05. The van der Waals surface area contributed by atoms with Crippen molar-refractivity contribution < 1.29 is 9.59 Å². The molecule has 22 heavy (non-hydrogen) atoms. The van der Waals surface area contributed by atoms with E-state index in [2.05, 4.69) is 31.8 Å². The summed E-state index contributed by atoms with van der Waals surface area (Å²) < 4.78 is 0.888. The number of hydrogen-bond donors (Lipinski definition) is 2. The minimum absolute atomic E-state index is 0.348. The highest BCUT2D eigenvalue weighted by Crippen LogP contribution is 2.20. The molecule has 0 aliphatic carbocycles. The molecule has 0 saturated heterocycles. The van der Waals surface area contributed by atoms with Gasteiger partial charge in [0.1, 0.15) is 0 Å². The first-order valence-electron chi connectivity index (χ1n) is 6.21. The van der Waals surface area contributed by atoms with E-state index >= 15 is 0 Å². The summed E-state index contributed by atoms with van der Waals surface area (Å²) in [4.78, 5) is 23.3. The van der Waals surface area contributed by atoms with Crippen LogP contribution < -0.4 is 10.7 Å². The molecule has 0 unspecified atom stereocenters. The summed E-state index contributed by atoms with van der Waals surface area (Å²) in [6, 6.07) is 14.0. The number of halogens is 2. The first-order valence-corrected chi connectivity index (χ1v) is 7.38. The molecule has 0 aliphatic heterocycles. The van der Waals surface area contributed by atoms with E-state index in [1.165, 1.54) is 6.21 Å². The van der Waals surface area contributed by atoms with E-state index in [1.807, 2.05) is 24.3 Å². The van der Waals surface area contributed by atoms with Crippen LogP contribution in [0.4, 0.5) is 5.69 Å². The maximum absolute atomic E-state index is 11.7.